The number of carbonyl (C=O) groups excluding carboxylic acids is 1. The molecule has 1 amide bonds. The normalized spacial score (nSPS) is 10.4. The fourth-order valence-electron chi connectivity index (χ4n) is 1.30. The highest BCUT2D eigenvalue weighted by molar-refractivity contribution is 5.93. The predicted molar refractivity (Wildman–Crippen MR) is 61.5 cm³/mol. The molecule has 0 saturated heterocycles. The maximum Gasteiger partial charge on any atom is 0.230 e. The van der Waals surface area contributed by atoms with Crippen molar-refractivity contribution in [3.63, 3.8) is 0 Å². The number of hydrogen-bond acceptors (Lipinski definition) is 3. The van der Waals surface area contributed by atoms with E-state index in [0.29, 0.717) is 18.1 Å². The van der Waals surface area contributed by atoms with Crippen LogP contribution in [0.15, 0.2) is 18.3 Å². The molecule has 0 fully saturated rings. The molecule has 1 rings (SSSR count). The molecule has 1 aromatic heterocycles. The maximum absolute atomic E-state index is 11.8. The van der Waals surface area contributed by atoms with Gasteiger partial charge in [-0.1, -0.05) is 13.8 Å². The number of carbonyl (C=O) groups is 1. The van der Waals surface area contributed by atoms with Gasteiger partial charge in [0.05, 0.1) is 11.9 Å². The van der Waals surface area contributed by atoms with E-state index in [4.69, 9.17) is 5.73 Å². The number of anilines is 2. The van der Waals surface area contributed by atoms with Gasteiger partial charge >= 0.3 is 0 Å². The standard InChI is InChI=1S/C11H17N3O/c1-4-14(11(15)8(2)3)10-6-5-9(12)7-13-10/h5-8H,4,12H2,1-3H3. The van der Waals surface area contributed by atoms with Gasteiger partial charge < -0.3 is 5.73 Å². The van der Waals surface area contributed by atoms with E-state index in [9.17, 15) is 4.79 Å². The third kappa shape index (κ3) is 2.68. The maximum atomic E-state index is 11.8. The van der Waals surface area contributed by atoms with Gasteiger partial charge in [0.25, 0.3) is 0 Å². The Labute approximate surface area is 90.1 Å². The lowest BCUT2D eigenvalue weighted by Crippen LogP contribution is -2.34. The van der Waals surface area contributed by atoms with Crippen LogP contribution in [0.1, 0.15) is 20.8 Å². The molecular formula is C11H17N3O. The Morgan fingerprint density at radius 3 is 2.60 bits per heavy atom. The first-order valence-corrected chi connectivity index (χ1v) is 5.09. The quantitative estimate of drug-likeness (QED) is 0.820. The number of nitrogens with two attached hydrogens (primary N) is 1. The highest BCUT2D eigenvalue weighted by Crippen LogP contribution is 2.14. The summed E-state index contributed by atoms with van der Waals surface area (Å²) in [6.45, 7) is 6.30. The summed E-state index contributed by atoms with van der Waals surface area (Å²) in [7, 11) is 0. The molecule has 0 aliphatic heterocycles. The SMILES string of the molecule is CCN(C(=O)C(C)C)c1ccc(N)cn1. The minimum absolute atomic E-state index is 0.0238. The second-order valence-corrected chi connectivity index (χ2v) is 3.69. The number of amides is 1. The molecule has 0 unspecified atom stereocenters. The minimum atomic E-state index is -0.0238. The summed E-state index contributed by atoms with van der Waals surface area (Å²) in [5.74, 6) is 0.712. The number of aromatic nitrogens is 1. The van der Waals surface area contributed by atoms with Crippen LogP contribution in [-0.4, -0.2) is 17.4 Å². The summed E-state index contributed by atoms with van der Waals surface area (Å²) in [4.78, 5) is 17.6. The third-order valence-electron chi connectivity index (χ3n) is 2.12. The van der Waals surface area contributed by atoms with Crippen molar-refractivity contribution in [3.05, 3.63) is 18.3 Å². The topological polar surface area (TPSA) is 59.2 Å². The van der Waals surface area contributed by atoms with Crippen molar-refractivity contribution >= 4 is 17.4 Å². The van der Waals surface area contributed by atoms with Crippen molar-refractivity contribution in [2.75, 3.05) is 17.2 Å². The van der Waals surface area contributed by atoms with E-state index >= 15 is 0 Å². The van der Waals surface area contributed by atoms with Crippen molar-refractivity contribution in [1.82, 2.24) is 4.98 Å². The molecule has 0 aliphatic rings. The molecule has 4 heteroatoms. The lowest BCUT2D eigenvalue weighted by molar-refractivity contribution is -0.121. The number of nitrogen functional groups attached to an aromatic ring is 1. The lowest BCUT2D eigenvalue weighted by atomic mass is 10.2. The zero-order valence-corrected chi connectivity index (χ0v) is 9.40. The van der Waals surface area contributed by atoms with E-state index in [0.717, 1.165) is 0 Å². The third-order valence-corrected chi connectivity index (χ3v) is 2.12. The van der Waals surface area contributed by atoms with Crippen LogP contribution < -0.4 is 10.6 Å². The van der Waals surface area contributed by atoms with Crippen molar-refractivity contribution in [1.29, 1.82) is 0 Å². The minimum Gasteiger partial charge on any atom is -0.397 e. The van der Waals surface area contributed by atoms with Gasteiger partial charge in [0, 0.05) is 12.5 Å². The van der Waals surface area contributed by atoms with Gasteiger partial charge in [-0.25, -0.2) is 4.98 Å². The summed E-state index contributed by atoms with van der Waals surface area (Å²) in [5, 5.41) is 0. The smallest absolute Gasteiger partial charge is 0.230 e. The Hall–Kier alpha value is -1.58. The van der Waals surface area contributed by atoms with Gasteiger partial charge in [-0.05, 0) is 19.1 Å². The number of hydrogen-bond donors (Lipinski definition) is 1. The average Bonchev–Trinajstić information content (AvgIpc) is 2.21. The van der Waals surface area contributed by atoms with Gasteiger partial charge in [0.2, 0.25) is 5.91 Å². The van der Waals surface area contributed by atoms with E-state index in [1.54, 1.807) is 23.2 Å². The fourth-order valence-corrected chi connectivity index (χ4v) is 1.30. The monoisotopic (exact) mass is 207 g/mol. The van der Waals surface area contributed by atoms with Crippen LogP contribution >= 0.6 is 0 Å². The van der Waals surface area contributed by atoms with E-state index in [1.807, 2.05) is 20.8 Å². The summed E-state index contributed by atoms with van der Waals surface area (Å²) in [5.41, 5.74) is 6.14. The van der Waals surface area contributed by atoms with Gasteiger partial charge in [-0.3, -0.25) is 9.69 Å². The Morgan fingerprint density at radius 1 is 1.53 bits per heavy atom. The Morgan fingerprint density at radius 2 is 2.20 bits per heavy atom. The van der Waals surface area contributed by atoms with E-state index in [-0.39, 0.29) is 11.8 Å². The van der Waals surface area contributed by atoms with Gasteiger partial charge in [0.1, 0.15) is 5.82 Å². The molecule has 0 radical (unpaired) electrons. The second kappa shape index (κ2) is 4.77. The molecule has 82 valence electrons. The van der Waals surface area contributed by atoms with E-state index in [2.05, 4.69) is 4.98 Å². The van der Waals surface area contributed by atoms with E-state index < -0.39 is 0 Å². The largest absolute Gasteiger partial charge is 0.397 e. The van der Waals surface area contributed by atoms with Crippen molar-refractivity contribution in [2.45, 2.75) is 20.8 Å². The van der Waals surface area contributed by atoms with Crippen LogP contribution in [0, 0.1) is 5.92 Å². The molecule has 0 atom stereocenters. The molecule has 1 heterocycles. The lowest BCUT2D eigenvalue weighted by Gasteiger charge is -2.21. The Kier molecular flexibility index (Phi) is 3.66. The Bertz CT molecular complexity index is 332. The molecule has 4 nitrogen and oxygen atoms in total. The molecule has 0 spiro atoms. The van der Waals surface area contributed by atoms with Crippen LogP contribution in [0.5, 0.6) is 0 Å². The summed E-state index contributed by atoms with van der Waals surface area (Å²) >= 11 is 0. The first kappa shape index (κ1) is 11.5. The molecule has 0 aromatic carbocycles. The molecule has 1 aromatic rings. The molecular weight excluding hydrogens is 190 g/mol. The van der Waals surface area contributed by atoms with Crippen LogP contribution in [-0.2, 0) is 4.79 Å². The van der Waals surface area contributed by atoms with Gasteiger partial charge in [-0.2, -0.15) is 0 Å². The molecule has 15 heavy (non-hydrogen) atoms. The van der Waals surface area contributed by atoms with Crippen LogP contribution in [0.25, 0.3) is 0 Å². The van der Waals surface area contributed by atoms with Gasteiger partial charge in [0.15, 0.2) is 0 Å². The summed E-state index contributed by atoms with van der Waals surface area (Å²) in [6.07, 6.45) is 1.56. The fraction of sp³-hybridized carbons (Fsp3) is 0.455. The van der Waals surface area contributed by atoms with Crippen LogP contribution in [0.4, 0.5) is 11.5 Å². The van der Waals surface area contributed by atoms with Crippen LogP contribution in [0.2, 0.25) is 0 Å². The van der Waals surface area contributed by atoms with Gasteiger partial charge in [-0.15, -0.1) is 0 Å². The molecule has 0 aliphatic carbocycles. The summed E-state index contributed by atoms with van der Waals surface area (Å²) < 4.78 is 0. The molecule has 0 saturated carbocycles. The Balaban J connectivity index is 2.92. The summed E-state index contributed by atoms with van der Waals surface area (Å²) in [6, 6.07) is 3.51. The first-order chi connectivity index (χ1) is 7.06. The highest BCUT2D eigenvalue weighted by Gasteiger charge is 2.17. The molecule has 0 bridgehead atoms. The average molecular weight is 207 g/mol. The number of rotatable bonds is 3. The zero-order chi connectivity index (χ0) is 11.4. The first-order valence-electron chi connectivity index (χ1n) is 5.09. The predicted octanol–water partition coefficient (Wildman–Crippen LogP) is 1.67. The van der Waals surface area contributed by atoms with Crippen molar-refractivity contribution in [2.24, 2.45) is 5.92 Å². The van der Waals surface area contributed by atoms with Crippen molar-refractivity contribution in [3.8, 4) is 0 Å². The second-order valence-electron chi connectivity index (χ2n) is 3.69. The zero-order valence-electron chi connectivity index (χ0n) is 9.40. The number of nitrogens with zero attached hydrogens (tertiary/aromatic N) is 2. The highest BCUT2D eigenvalue weighted by atomic mass is 16.2. The van der Waals surface area contributed by atoms with Crippen LogP contribution in [0.3, 0.4) is 0 Å². The molecule has 2 N–H and O–H groups in total. The van der Waals surface area contributed by atoms with E-state index in [1.165, 1.54) is 0 Å². The van der Waals surface area contributed by atoms with Crippen molar-refractivity contribution < 1.29 is 4.79 Å². The number of pyridine rings is 1.